The van der Waals surface area contributed by atoms with E-state index in [1.54, 1.807) is 7.11 Å². The Morgan fingerprint density at radius 1 is 1.08 bits per heavy atom. The maximum absolute atomic E-state index is 12.4. The number of amides is 2. The largest absolute Gasteiger partial charge is 0.385 e. The molecule has 6 heteroatoms. The van der Waals surface area contributed by atoms with E-state index < -0.39 is 0 Å². The lowest BCUT2D eigenvalue weighted by atomic mass is 9.94. The van der Waals surface area contributed by atoms with Gasteiger partial charge in [0.15, 0.2) is 0 Å². The Labute approximate surface area is 156 Å². The molecule has 6 nitrogen and oxygen atoms in total. The Balaban J connectivity index is 1.86. The molecule has 0 spiro atoms. The number of ether oxygens (including phenoxy) is 1. The van der Waals surface area contributed by atoms with E-state index in [9.17, 15) is 9.59 Å². The first-order valence-corrected chi connectivity index (χ1v) is 9.24. The summed E-state index contributed by atoms with van der Waals surface area (Å²) in [7, 11) is 1.65. The lowest BCUT2D eigenvalue weighted by molar-refractivity contribution is -0.139. The van der Waals surface area contributed by atoms with Crippen LogP contribution in [0.4, 0.5) is 5.69 Å². The molecule has 2 amide bonds. The molecule has 0 saturated carbocycles. The number of hydrogen-bond acceptors (Lipinski definition) is 4. The summed E-state index contributed by atoms with van der Waals surface area (Å²) >= 11 is 0. The maximum atomic E-state index is 12.4. The van der Waals surface area contributed by atoms with Gasteiger partial charge in [-0.25, -0.2) is 0 Å². The molecule has 0 unspecified atom stereocenters. The third kappa shape index (κ3) is 5.46. The van der Waals surface area contributed by atoms with Gasteiger partial charge >= 0.3 is 0 Å². The molecule has 144 valence electrons. The highest BCUT2D eigenvalue weighted by molar-refractivity contribution is 5.94. The van der Waals surface area contributed by atoms with Crippen LogP contribution in [0.25, 0.3) is 0 Å². The lowest BCUT2D eigenvalue weighted by Crippen LogP contribution is -2.51. The number of nitrogens with zero attached hydrogens (tertiary/aromatic N) is 2. The standard InChI is InChI=1S/C20H31N3O3/c1-20(2,3)19(25)23-13-11-22(12-14-23)17-8-6-16(7-9-17)18(24)21-10-5-15-26-4/h6-9H,5,10-15H2,1-4H3,(H,21,24). The fourth-order valence-corrected chi connectivity index (χ4v) is 2.99. The summed E-state index contributed by atoms with van der Waals surface area (Å²) in [6, 6.07) is 7.66. The van der Waals surface area contributed by atoms with Crippen LogP contribution in [0.2, 0.25) is 0 Å². The molecule has 0 radical (unpaired) electrons. The first-order chi connectivity index (χ1) is 12.3. The molecule has 1 saturated heterocycles. The van der Waals surface area contributed by atoms with Gasteiger partial charge in [-0.3, -0.25) is 9.59 Å². The first-order valence-electron chi connectivity index (χ1n) is 9.24. The Morgan fingerprint density at radius 2 is 1.69 bits per heavy atom. The topological polar surface area (TPSA) is 61.9 Å². The van der Waals surface area contributed by atoms with E-state index in [4.69, 9.17) is 4.74 Å². The minimum absolute atomic E-state index is 0.0618. The molecule has 1 aliphatic rings. The molecule has 26 heavy (non-hydrogen) atoms. The highest BCUT2D eigenvalue weighted by Crippen LogP contribution is 2.21. The van der Waals surface area contributed by atoms with Gasteiger partial charge in [0.1, 0.15) is 0 Å². The number of rotatable bonds is 6. The Hall–Kier alpha value is -2.08. The number of nitrogens with one attached hydrogen (secondary N) is 1. The van der Waals surface area contributed by atoms with Crippen LogP contribution < -0.4 is 10.2 Å². The van der Waals surface area contributed by atoms with Crippen LogP contribution in [0.3, 0.4) is 0 Å². The monoisotopic (exact) mass is 361 g/mol. The highest BCUT2D eigenvalue weighted by atomic mass is 16.5. The zero-order chi connectivity index (χ0) is 19.2. The minimum atomic E-state index is -0.333. The first kappa shape index (κ1) is 20.2. The minimum Gasteiger partial charge on any atom is -0.385 e. The van der Waals surface area contributed by atoms with Crippen molar-refractivity contribution in [2.24, 2.45) is 5.41 Å². The normalized spacial score (nSPS) is 15.1. The summed E-state index contributed by atoms with van der Waals surface area (Å²) in [6.07, 6.45) is 0.803. The van der Waals surface area contributed by atoms with E-state index >= 15 is 0 Å². The quantitative estimate of drug-likeness (QED) is 0.789. The van der Waals surface area contributed by atoms with E-state index in [1.165, 1.54) is 0 Å². The lowest BCUT2D eigenvalue weighted by Gasteiger charge is -2.38. The number of carbonyl (C=O) groups excluding carboxylic acids is 2. The summed E-state index contributed by atoms with van der Waals surface area (Å²) in [5, 5.41) is 2.89. The Bertz CT molecular complexity index is 600. The van der Waals surface area contributed by atoms with Gasteiger partial charge in [0, 0.05) is 63.1 Å². The van der Waals surface area contributed by atoms with E-state index in [2.05, 4.69) is 10.2 Å². The number of hydrogen-bond donors (Lipinski definition) is 1. The smallest absolute Gasteiger partial charge is 0.251 e. The zero-order valence-corrected chi connectivity index (χ0v) is 16.4. The summed E-state index contributed by atoms with van der Waals surface area (Å²) in [4.78, 5) is 28.7. The molecule has 1 aliphatic heterocycles. The third-order valence-electron chi connectivity index (χ3n) is 4.51. The number of benzene rings is 1. The molecule has 2 rings (SSSR count). The van der Waals surface area contributed by atoms with E-state index in [0.29, 0.717) is 18.7 Å². The van der Waals surface area contributed by atoms with Gasteiger partial charge in [-0.05, 0) is 30.7 Å². The molecule has 1 heterocycles. The molecule has 0 atom stereocenters. The van der Waals surface area contributed by atoms with Gasteiger partial charge in [-0.2, -0.15) is 0 Å². The van der Waals surface area contributed by atoms with E-state index in [1.807, 2.05) is 49.9 Å². The maximum Gasteiger partial charge on any atom is 0.251 e. The van der Waals surface area contributed by atoms with Crippen molar-refractivity contribution in [3.63, 3.8) is 0 Å². The van der Waals surface area contributed by atoms with Crippen molar-refractivity contribution >= 4 is 17.5 Å². The molecule has 1 fully saturated rings. The predicted molar refractivity (Wildman–Crippen MR) is 104 cm³/mol. The van der Waals surface area contributed by atoms with Crippen molar-refractivity contribution in [3.05, 3.63) is 29.8 Å². The van der Waals surface area contributed by atoms with Crippen molar-refractivity contribution in [2.45, 2.75) is 27.2 Å². The zero-order valence-electron chi connectivity index (χ0n) is 16.4. The van der Waals surface area contributed by atoms with Crippen molar-refractivity contribution < 1.29 is 14.3 Å². The van der Waals surface area contributed by atoms with Crippen molar-refractivity contribution in [1.82, 2.24) is 10.2 Å². The van der Waals surface area contributed by atoms with Gasteiger partial charge < -0.3 is 19.9 Å². The average Bonchev–Trinajstić information content (AvgIpc) is 2.64. The van der Waals surface area contributed by atoms with Gasteiger partial charge in [-0.1, -0.05) is 20.8 Å². The Kier molecular flexibility index (Phi) is 7.03. The number of anilines is 1. The van der Waals surface area contributed by atoms with E-state index in [0.717, 1.165) is 38.3 Å². The van der Waals surface area contributed by atoms with Crippen LogP contribution in [0, 0.1) is 5.41 Å². The van der Waals surface area contributed by atoms with Gasteiger partial charge in [0.25, 0.3) is 5.91 Å². The third-order valence-corrected chi connectivity index (χ3v) is 4.51. The summed E-state index contributed by atoms with van der Waals surface area (Å²) in [5.41, 5.74) is 1.41. The Morgan fingerprint density at radius 3 is 2.23 bits per heavy atom. The fourth-order valence-electron chi connectivity index (χ4n) is 2.99. The fraction of sp³-hybridized carbons (Fsp3) is 0.600. The second-order valence-electron chi connectivity index (χ2n) is 7.68. The molecular weight excluding hydrogens is 330 g/mol. The van der Waals surface area contributed by atoms with Crippen molar-refractivity contribution in [3.8, 4) is 0 Å². The summed E-state index contributed by atoms with van der Waals surface area (Å²) in [6.45, 7) is 10.2. The van der Waals surface area contributed by atoms with Crippen LogP contribution >= 0.6 is 0 Å². The molecular formula is C20H31N3O3. The number of carbonyl (C=O) groups is 2. The number of piperazine rings is 1. The van der Waals surface area contributed by atoms with Gasteiger partial charge in [-0.15, -0.1) is 0 Å². The predicted octanol–water partition coefficient (Wildman–Crippen LogP) is 2.15. The molecule has 0 aromatic heterocycles. The van der Waals surface area contributed by atoms with Crippen LogP contribution in [0.5, 0.6) is 0 Å². The van der Waals surface area contributed by atoms with Gasteiger partial charge in [0.05, 0.1) is 0 Å². The van der Waals surface area contributed by atoms with Gasteiger partial charge in [0.2, 0.25) is 5.91 Å². The highest BCUT2D eigenvalue weighted by Gasteiger charge is 2.29. The molecule has 0 aliphatic carbocycles. The van der Waals surface area contributed by atoms with E-state index in [-0.39, 0.29) is 17.2 Å². The second-order valence-corrected chi connectivity index (χ2v) is 7.68. The molecule has 0 bridgehead atoms. The molecule has 1 aromatic rings. The van der Waals surface area contributed by atoms with Crippen LogP contribution in [-0.4, -0.2) is 63.2 Å². The SMILES string of the molecule is COCCCNC(=O)c1ccc(N2CCN(C(=O)C(C)(C)C)CC2)cc1. The molecule has 1 aromatic carbocycles. The van der Waals surface area contributed by atoms with Crippen molar-refractivity contribution in [2.75, 3.05) is 51.3 Å². The number of methoxy groups -OCH3 is 1. The van der Waals surface area contributed by atoms with Crippen LogP contribution in [-0.2, 0) is 9.53 Å². The average molecular weight is 361 g/mol. The van der Waals surface area contributed by atoms with Crippen molar-refractivity contribution in [1.29, 1.82) is 0 Å². The second kappa shape index (κ2) is 9.03. The van der Waals surface area contributed by atoms with Crippen LogP contribution in [0.1, 0.15) is 37.6 Å². The molecule has 1 N–H and O–H groups in total. The summed E-state index contributed by atoms with van der Waals surface area (Å²) < 4.78 is 4.97. The summed E-state index contributed by atoms with van der Waals surface area (Å²) in [5.74, 6) is 0.144. The van der Waals surface area contributed by atoms with Crippen LogP contribution in [0.15, 0.2) is 24.3 Å².